The second-order valence-corrected chi connectivity index (χ2v) is 17.2. The van der Waals surface area contributed by atoms with Crippen LogP contribution in [0.5, 0.6) is 11.5 Å². The first kappa shape index (κ1) is 34.6. The van der Waals surface area contributed by atoms with Crippen LogP contribution in [-0.4, -0.2) is 36.1 Å². The summed E-state index contributed by atoms with van der Waals surface area (Å²) in [7, 11) is 0. The predicted molar refractivity (Wildman–Crippen MR) is 245 cm³/mol. The number of epoxide rings is 2. The molecule has 6 nitrogen and oxygen atoms in total. The van der Waals surface area contributed by atoms with Gasteiger partial charge in [0.2, 0.25) is 19.3 Å². The molecule has 0 amide bonds. The van der Waals surface area contributed by atoms with Gasteiger partial charge < -0.3 is 28.4 Å². The lowest BCUT2D eigenvalue weighted by Crippen LogP contribution is -2.55. The number of benzene rings is 8. The van der Waals surface area contributed by atoms with E-state index in [0.29, 0.717) is 0 Å². The highest BCUT2D eigenvalue weighted by Crippen LogP contribution is 2.52. The Labute approximate surface area is 357 Å². The molecule has 8 heteroatoms. The second kappa shape index (κ2) is 12.5. The summed E-state index contributed by atoms with van der Waals surface area (Å²) in [6.07, 6.45) is -0.0635. The van der Waals surface area contributed by atoms with Gasteiger partial charge in [-0.1, -0.05) is 90.4 Å². The van der Waals surface area contributed by atoms with E-state index in [1.165, 1.54) is 55.2 Å². The molecule has 8 aromatic carbocycles. The summed E-state index contributed by atoms with van der Waals surface area (Å²) in [6, 6.07) is 55.5. The summed E-state index contributed by atoms with van der Waals surface area (Å²) in [5.41, 5.74) is 19.9. The SMILES string of the molecule is CC1OC1Oc1ccc(-c2ccc3c(c2)-c2cccc4c2B3c2cc(-c3ccc(F)cc3)cc3c2N4c2cccc4c5cc(-c6ccc(OC7OC7C)cc6)ccc5n-3c24)cc1. The van der Waals surface area contributed by atoms with Crippen LogP contribution in [0.4, 0.5) is 21.5 Å². The molecule has 2 saturated heterocycles. The van der Waals surface area contributed by atoms with Crippen molar-refractivity contribution < 1.29 is 23.3 Å². The van der Waals surface area contributed by atoms with Crippen molar-refractivity contribution in [3.05, 3.63) is 164 Å². The number of anilines is 3. The van der Waals surface area contributed by atoms with Crippen LogP contribution in [0.25, 0.3) is 72.0 Å². The molecule has 9 aromatic rings. The minimum absolute atomic E-state index is 0.00257. The Morgan fingerprint density at radius 1 is 0.516 bits per heavy atom. The number of hydrogen-bond acceptors (Lipinski definition) is 5. The fourth-order valence-electron chi connectivity index (χ4n) is 10.4. The van der Waals surface area contributed by atoms with Crippen molar-refractivity contribution in [1.29, 1.82) is 0 Å². The van der Waals surface area contributed by atoms with E-state index in [2.05, 4.69) is 119 Å². The molecule has 296 valence electrons. The number of aromatic nitrogens is 1. The normalized spacial score (nSPS) is 19.3. The quantitative estimate of drug-likeness (QED) is 0.119. The van der Waals surface area contributed by atoms with Gasteiger partial charge in [-0.2, -0.15) is 0 Å². The van der Waals surface area contributed by atoms with E-state index in [-0.39, 0.29) is 37.3 Å². The Hall–Kier alpha value is -7.13. The fraction of sp³-hybridized carbons (Fsp3) is 0.111. The molecule has 14 rings (SSSR count). The largest absolute Gasteiger partial charge is 0.462 e. The third-order valence-corrected chi connectivity index (χ3v) is 13.5. The Morgan fingerprint density at radius 3 is 1.81 bits per heavy atom. The van der Waals surface area contributed by atoms with Crippen molar-refractivity contribution in [2.24, 2.45) is 0 Å². The second-order valence-electron chi connectivity index (χ2n) is 17.2. The van der Waals surface area contributed by atoms with Gasteiger partial charge in [0.1, 0.15) is 29.5 Å². The van der Waals surface area contributed by atoms with Gasteiger partial charge in [-0.05, 0) is 142 Å². The molecule has 1 aromatic heterocycles. The number of fused-ring (bicyclic) bond motifs is 10. The summed E-state index contributed by atoms with van der Waals surface area (Å²) in [5.74, 6) is 1.37. The van der Waals surface area contributed by atoms with Crippen LogP contribution in [0.3, 0.4) is 0 Å². The van der Waals surface area contributed by atoms with Crippen LogP contribution in [0.15, 0.2) is 158 Å². The van der Waals surface area contributed by atoms with E-state index < -0.39 is 0 Å². The average molecular weight is 807 g/mol. The van der Waals surface area contributed by atoms with Gasteiger partial charge in [-0.15, -0.1) is 0 Å². The van der Waals surface area contributed by atoms with E-state index in [9.17, 15) is 4.39 Å². The summed E-state index contributed by atoms with van der Waals surface area (Å²) < 4.78 is 39.8. The molecule has 0 radical (unpaired) electrons. The molecule has 0 aliphatic carbocycles. The summed E-state index contributed by atoms with van der Waals surface area (Å²) in [5, 5.41) is 2.38. The highest BCUT2D eigenvalue weighted by Gasteiger charge is 2.46. The summed E-state index contributed by atoms with van der Waals surface area (Å²) >= 11 is 0. The van der Waals surface area contributed by atoms with Crippen molar-refractivity contribution in [2.45, 2.75) is 38.6 Å². The Kier molecular flexibility index (Phi) is 6.96. The third-order valence-electron chi connectivity index (χ3n) is 13.5. The topological polar surface area (TPSA) is 51.7 Å². The zero-order valence-corrected chi connectivity index (χ0v) is 33.8. The van der Waals surface area contributed by atoms with E-state index in [0.717, 1.165) is 61.8 Å². The van der Waals surface area contributed by atoms with Crippen molar-refractivity contribution in [1.82, 2.24) is 4.57 Å². The zero-order valence-electron chi connectivity index (χ0n) is 33.8. The highest BCUT2D eigenvalue weighted by atomic mass is 19.1. The van der Waals surface area contributed by atoms with Gasteiger partial charge >= 0.3 is 0 Å². The molecular weight excluding hydrogens is 770 g/mol. The lowest BCUT2D eigenvalue weighted by Gasteiger charge is -2.41. The van der Waals surface area contributed by atoms with E-state index in [4.69, 9.17) is 18.9 Å². The Morgan fingerprint density at radius 2 is 1.11 bits per heavy atom. The van der Waals surface area contributed by atoms with E-state index in [1.807, 2.05) is 50.2 Å². The predicted octanol–water partition coefficient (Wildman–Crippen LogP) is 10.8. The van der Waals surface area contributed by atoms with Crippen LogP contribution in [0, 0.1) is 5.82 Å². The minimum Gasteiger partial charge on any atom is -0.462 e. The fourth-order valence-corrected chi connectivity index (χ4v) is 10.4. The molecule has 0 bridgehead atoms. The molecule has 62 heavy (non-hydrogen) atoms. The van der Waals surface area contributed by atoms with Crippen LogP contribution in [0.2, 0.25) is 0 Å². The Bertz CT molecular complexity index is 3380. The summed E-state index contributed by atoms with van der Waals surface area (Å²) in [6.45, 7) is 4.04. The van der Waals surface area contributed by atoms with Gasteiger partial charge in [0.15, 0.2) is 0 Å². The Balaban J connectivity index is 0.958. The monoisotopic (exact) mass is 806 g/mol. The van der Waals surface area contributed by atoms with E-state index in [1.54, 1.807) is 12.1 Å². The van der Waals surface area contributed by atoms with Crippen molar-refractivity contribution >= 4 is 62.0 Å². The number of para-hydroxylation sites is 1. The van der Waals surface area contributed by atoms with Crippen LogP contribution in [0.1, 0.15) is 13.8 Å². The number of ether oxygens (including phenoxy) is 4. The number of nitrogens with zero attached hydrogens (tertiary/aromatic N) is 2. The molecule has 4 atom stereocenters. The first-order valence-corrected chi connectivity index (χ1v) is 21.4. The smallest absolute Gasteiger partial charge is 0.248 e. The number of rotatable bonds is 7. The first-order valence-electron chi connectivity index (χ1n) is 21.4. The van der Waals surface area contributed by atoms with Gasteiger partial charge in [-0.3, -0.25) is 0 Å². The summed E-state index contributed by atoms with van der Waals surface area (Å²) in [4.78, 5) is 2.51. The highest BCUT2D eigenvalue weighted by molar-refractivity contribution is 7.01. The maximum Gasteiger partial charge on any atom is 0.248 e. The average Bonchev–Trinajstić information content (AvgIpc) is 4.12. The van der Waals surface area contributed by atoms with E-state index >= 15 is 0 Å². The first-order chi connectivity index (χ1) is 30.4. The van der Waals surface area contributed by atoms with Gasteiger partial charge in [0, 0.05) is 16.5 Å². The molecule has 6 heterocycles. The molecule has 2 fully saturated rings. The van der Waals surface area contributed by atoms with Gasteiger partial charge in [0.25, 0.3) is 0 Å². The number of hydrogen-bond donors (Lipinski definition) is 0. The van der Waals surface area contributed by atoms with Gasteiger partial charge in [-0.25, -0.2) is 4.39 Å². The zero-order chi connectivity index (χ0) is 41.0. The van der Waals surface area contributed by atoms with Crippen LogP contribution in [-0.2, 0) is 9.47 Å². The molecule has 5 aliphatic rings. The maximum absolute atomic E-state index is 14.4. The third kappa shape index (κ3) is 4.99. The van der Waals surface area contributed by atoms with Crippen LogP contribution >= 0.6 is 0 Å². The van der Waals surface area contributed by atoms with Crippen molar-refractivity contribution in [3.63, 3.8) is 0 Å². The van der Waals surface area contributed by atoms with Crippen LogP contribution < -0.4 is 30.8 Å². The standard InChI is InChI=1S/C54H36BFN2O4/c1-29-53(59-29)61-38-19-11-31(12-20-38)34-15-23-44-42(25-34)40-5-3-7-47-50(40)55(44)45-27-36(33-9-17-37(56)18-10-33)28-49-52(45)58(47)48-8-4-6-41-43-26-35(16-24-46(43)57(49)51(41)48)32-13-21-39(22-14-32)62-54-30(2)60-54/h3-30,53-54H,1-2H3. The van der Waals surface area contributed by atoms with Gasteiger partial charge in [0.05, 0.1) is 28.1 Å². The van der Waals surface area contributed by atoms with Crippen molar-refractivity contribution in [2.75, 3.05) is 4.90 Å². The molecule has 5 aliphatic heterocycles. The molecule has 0 N–H and O–H groups in total. The van der Waals surface area contributed by atoms with Crippen molar-refractivity contribution in [3.8, 4) is 61.7 Å². The molecule has 0 spiro atoms. The lowest BCUT2D eigenvalue weighted by molar-refractivity contribution is 0.178. The molecule has 4 unspecified atom stereocenters. The maximum atomic E-state index is 14.4. The molecule has 0 saturated carbocycles. The number of halogens is 1. The molecular formula is C54H36BFN2O4. The lowest BCUT2D eigenvalue weighted by atomic mass is 9.37. The minimum atomic E-state index is -0.247.